The Bertz CT molecular complexity index is 884. The highest BCUT2D eigenvalue weighted by atomic mass is 16.1. The summed E-state index contributed by atoms with van der Waals surface area (Å²) in [6, 6.07) is 4.64. The van der Waals surface area contributed by atoms with Gasteiger partial charge in [-0.15, -0.1) is 0 Å². The molecule has 32 heavy (non-hydrogen) atoms. The fraction of sp³-hybridized carbons (Fsp3) is 0.615. The van der Waals surface area contributed by atoms with Crippen LogP contribution in [-0.2, 0) is 4.79 Å². The monoisotopic (exact) mass is 435 g/mol. The van der Waals surface area contributed by atoms with Crippen LogP contribution in [0.15, 0.2) is 30.7 Å². The molecule has 2 aliphatic rings. The van der Waals surface area contributed by atoms with E-state index in [1.165, 1.54) is 5.69 Å². The molecule has 3 heterocycles. The molecule has 1 aliphatic heterocycles. The molecule has 1 amide bonds. The molecular weight excluding hydrogens is 398 g/mol. The van der Waals surface area contributed by atoms with Gasteiger partial charge in [-0.3, -0.25) is 9.78 Å². The van der Waals surface area contributed by atoms with Crippen molar-refractivity contribution < 1.29 is 4.79 Å². The van der Waals surface area contributed by atoms with Crippen molar-refractivity contribution in [2.45, 2.75) is 71.3 Å². The molecule has 172 valence electrons. The summed E-state index contributed by atoms with van der Waals surface area (Å²) in [5.41, 5.74) is 3.43. The molecule has 2 aromatic heterocycles. The molecule has 1 aliphatic carbocycles. The van der Waals surface area contributed by atoms with Crippen molar-refractivity contribution in [2.75, 3.05) is 19.6 Å². The van der Waals surface area contributed by atoms with Gasteiger partial charge in [0.15, 0.2) is 0 Å². The smallest absolute Gasteiger partial charge is 0.223 e. The summed E-state index contributed by atoms with van der Waals surface area (Å²) in [4.78, 5) is 28.6. The van der Waals surface area contributed by atoms with E-state index in [9.17, 15) is 4.79 Å². The average molecular weight is 436 g/mol. The van der Waals surface area contributed by atoms with E-state index in [0.717, 1.165) is 75.1 Å². The third kappa shape index (κ3) is 5.52. The Hall–Kier alpha value is -2.34. The van der Waals surface area contributed by atoms with E-state index in [2.05, 4.69) is 34.0 Å². The molecular formula is C26H37N5O. The Morgan fingerprint density at radius 2 is 1.78 bits per heavy atom. The molecule has 6 nitrogen and oxygen atoms in total. The number of aryl methyl sites for hydroxylation is 1. The average Bonchev–Trinajstić information content (AvgIpc) is 2.83. The highest BCUT2D eigenvalue weighted by molar-refractivity contribution is 5.78. The first-order valence-electron chi connectivity index (χ1n) is 12.3. The molecule has 6 heteroatoms. The number of rotatable bonds is 6. The van der Waals surface area contributed by atoms with Crippen LogP contribution in [0, 0.1) is 18.8 Å². The van der Waals surface area contributed by atoms with Gasteiger partial charge in [-0.2, -0.15) is 0 Å². The molecule has 2 fully saturated rings. The molecule has 0 unspecified atom stereocenters. The third-order valence-corrected chi connectivity index (χ3v) is 7.36. The summed E-state index contributed by atoms with van der Waals surface area (Å²) < 4.78 is 0. The number of piperidine rings is 1. The van der Waals surface area contributed by atoms with Gasteiger partial charge in [-0.1, -0.05) is 0 Å². The standard InChI is InChI=1S/C26H37N5O/c1-18(2)31-14-10-23(11-15-31)26(32)29-16-20-4-6-22(7-5-20)25-24(17-28-19(3)30-25)21-8-12-27-13-9-21/h8-9,12-13,17-18,20,22-23H,4-7,10-11,14-16H2,1-3H3,(H,29,32). The van der Waals surface area contributed by atoms with Crippen LogP contribution in [0.3, 0.4) is 0 Å². The summed E-state index contributed by atoms with van der Waals surface area (Å²) in [5, 5.41) is 3.28. The van der Waals surface area contributed by atoms with Crippen molar-refractivity contribution in [3.05, 3.63) is 42.2 Å². The van der Waals surface area contributed by atoms with Gasteiger partial charge in [0.25, 0.3) is 0 Å². The van der Waals surface area contributed by atoms with E-state index in [0.29, 0.717) is 17.9 Å². The van der Waals surface area contributed by atoms with Crippen LogP contribution >= 0.6 is 0 Å². The Balaban J connectivity index is 1.29. The molecule has 1 saturated carbocycles. The molecule has 1 N–H and O–H groups in total. The summed E-state index contributed by atoms with van der Waals surface area (Å²) in [6.45, 7) is 9.33. The van der Waals surface area contributed by atoms with E-state index in [1.54, 1.807) is 0 Å². The Kier molecular flexibility index (Phi) is 7.51. The van der Waals surface area contributed by atoms with Gasteiger partial charge >= 0.3 is 0 Å². The van der Waals surface area contributed by atoms with Gasteiger partial charge in [0.2, 0.25) is 5.91 Å². The number of pyridine rings is 1. The number of carbonyl (C=O) groups is 1. The zero-order chi connectivity index (χ0) is 22.5. The third-order valence-electron chi connectivity index (χ3n) is 7.36. The zero-order valence-corrected chi connectivity index (χ0v) is 19.8. The Morgan fingerprint density at radius 1 is 1.09 bits per heavy atom. The van der Waals surface area contributed by atoms with Gasteiger partial charge < -0.3 is 10.2 Å². The molecule has 4 rings (SSSR count). The van der Waals surface area contributed by atoms with Crippen LogP contribution in [0.4, 0.5) is 0 Å². The van der Waals surface area contributed by atoms with Gasteiger partial charge in [0.05, 0.1) is 5.69 Å². The van der Waals surface area contributed by atoms with E-state index >= 15 is 0 Å². The molecule has 1 saturated heterocycles. The fourth-order valence-electron chi connectivity index (χ4n) is 5.26. The number of hydrogen-bond donors (Lipinski definition) is 1. The van der Waals surface area contributed by atoms with Gasteiger partial charge in [0, 0.05) is 48.6 Å². The largest absolute Gasteiger partial charge is 0.356 e. The summed E-state index contributed by atoms with van der Waals surface area (Å²) >= 11 is 0. The Morgan fingerprint density at radius 3 is 2.44 bits per heavy atom. The number of carbonyl (C=O) groups excluding carboxylic acids is 1. The van der Waals surface area contributed by atoms with Crippen molar-refractivity contribution in [3.63, 3.8) is 0 Å². The normalized spacial score (nSPS) is 22.8. The van der Waals surface area contributed by atoms with E-state index < -0.39 is 0 Å². The maximum Gasteiger partial charge on any atom is 0.223 e. The molecule has 0 bridgehead atoms. The lowest BCUT2D eigenvalue weighted by Gasteiger charge is -2.34. The Labute approximate surface area is 192 Å². The second-order valence-corrected chi connectivity index (χ2v) is 9.82. The molecule has 0 atom stereocenters. The predicted octanol–water partition coefficient (Wildman–Crippen LogP) is 4.36. The van der Waals surface area contributed by atoms with E-state index in [1.807, 2.05) is 37.6 Å². The minimum Gasteiger partial charge on any atom is -0.356 e. The number of likely N-dealkylation sites (tertiary alicyclic amines) is 1. The SMILES string of the molecule is Cc1ncc(-c2ccncc2)c(C2CCC(CNC(=O)C3CCN(C(C)C)CC3)CC2)n1. The van der Waals surface area contributed by atoms with Crippen LogP contribution in [0.5, 0.6) is 0 Å². The van der Waals surface area contributed by atoms with Crippen LogP contribution in [0.1, 0.15) is 69.8 Å². The van der Waals surface area contributed by atoms with Crippen molar-refractivity contribution >= 4 is 5.91 Å². The lowest BCUT2D eigenvalue weighted by atomic mass is 9.79. The topological polar surface area (TPSA) is 71.0 Å². The van der Waals surface area contributed by atoms with E-state index in [-0.39, 0.29) is 11.8 Å². The van der Waals surface area contributed by atoms with Crippen LogP contribution in [0.25, 0.3) is 11.1 Å². The van der Waals surface area contributed by atoms with Crippen LogP contribution in [-0.4, -0.2) is 51.4 Å². The van der Waals surface area contributed by atoms with Crippen molar-refractivity contribution in [3.8, 4) is 11.1 Å². The lowest BCUT2D eigenvalue weighted by Crippen LogP contribution is -2.44. The first kappa shape index (κ1) is 22.8. The second-order valence-electron chi connectivity index (χ2n) is 9.82. The minimum absolute atomic E-state index is 0.188. The summed E-state index contributed by atoms with van der Waals surface area (Å²) in [7, 11) is 0. The van der Waals surface area contributed by atoms with E-state index in [4.69, 9.17) is 4.98 Å². The van der Waals surface area contributed by atoms with Crippen LogP contribution in [0.2, 0.25) is 0 Å². The first-order valence-corrected chi connectivity index (χ1v) is 12.3. The van der Waals surface area contributed by atoms with Crippen molar-refractivity contribution in [2.24, 2.45) is 11.8 Å². The predicted molar refractivity (Wildman–Crippen MR) is 127 cm³/mol. The number of nitrogens with zero attached hydrogens (tertiary/aromatic N) is 4. The van der Waals surface area contributed by atoms with Crippen molar-refractivity contribution in [1.29, 1.82) is 0 Å². The van der Waals surface area contributed by atoms with Crippen LogP contribution < -0.4 is 5.32 Å². The number of amides is 1. The van der Waals surface area contributed by atoms with Gasteiger partial charge in [0.1, 0.15) is 5.82 Å². The quantitative estimate of drug-likeness (QED) is 0.730. The number of aromatic nitrogens is 3. The molecule has 2 aromatic rings. The molecule has 0 spiro atoms. The maximum atomic E-state index is 12.7. The summed E-state index contributed by atoms with van der Waals surface area (Å²) in [5.74, 6) is 2.30. The van der Waals surface area contributed by atoms with Crippen molar-refractivity contribution in [1.82, 2.24) is 25.2 Å². The summed E-state index contributed by atoms with van der Waals surface area (Å²) in [6.07, 6.45) is 12.1. The van der Waals surface area contributed by atoms with Gasteiger partial charge in [-0.25, -0.2) is 9.97 Å². The highest BCUT2D eigenvalue weighted by Gasteiger charge is 2.29. The number of hydrogen-bond acceptors (Lipinski definition) is 5. The first-order chi connectivity index (χ1) is 15.5. The fourth-order valence-corrected chi connectivity index (χ4v) is 5.26. The molecule has 0 aromatic carbocycles. The highest BCUT2D eigenvalue weighted by Crippen LogP contribution is 2.38. The lowest BCUT2D eigenvalue weighted by molar-refractivity contribution is -0.126. The van der Waals surface area contributed by atoms with Gasteiger partial charge in [-0.05, 0) is 96.0 Å². The zero-order valence-electron chi connectivity index (χ0n) is 19.8. The minimum atomic E-state index is 0.188. The number of nitrogens with one attached hydrogen (secondary N) is 1. The maximum absolute atomic E-state index is 12.7. The molecule has 0 radical (unpaired) electrons. The second kappa shape index (κ2) is 10.5.